The van der Waals surface area contributed by atoms with Gasteiger partial charge in [-0.15, -0.1) is 0 Å². The Hall–Kier alpha value is -0.0000000000000000555. The molecule has 1 aromatic rings. The molecule has 1 saturated carbocycles. The van der Waals surface area contributed by atoms with E-state index in [2.05, 4.69) is 20.3 Å². The van der Waals surface area contributed by atoms with Gasteiger partial charge in [0.1, 0.15) is 0 Å². The molecule has 1 aliphatic rings. The first kappa shape index (κ1) is 12.5. The summed E-state index contributed by atoms with van der Waals surface area (Å²) in [5.41, 5.74) is 0. The van der Waals surface area contributed by atoms with Crippen molar-refractivity contribution < 1.29 is 0 Å². The third-order valence-electron chi connectivity index (χ3n) is 3.22. The second-order valence-electron chi connectivity index (χ2n) is 4.20. The standard InChI is InChI=1S/C10H16ClN3S2/c1-15-10(5-3-2-4-6-10)7-12-9-8(11)13-16-14-9/h2-7H2,1H3,(H,12,14). The Labute approximate surface area is 110 Å². The largest absolute Gasteiger partial charge is 0.365 e. The first-order valence-electron chi connectivity index (χ1n) is 5.53. The number of nitrogens with zero attached hydrogens (tertiary/aromatic N) is 2. The molecule has 1 fully saturated rings. The Balaban J connectivity index is 1.94. The molecule has 2 rings (SSSR count). The monoisotopic (exact) mass is 277 g/mol. The molecule has 0 bridgehead atoms. The lowest BCUT2D eigenvalue weighted by atomic mass is 9.88. The highest BCUT2D eigenvalue weighted by atomic mass is 35.5. The second kappa shape index (κ2) is 5.56. The molecule has 1 N–H and O–H groups in total. The normalized spacial score (nSPS) is 19.6. The number of nitrogens with one attached hydrogen (secondary N) is 1. The molecule has 0 amide bonds. The van der Waals surface area contributed by atoms with Crippen LogP contribution < -0.4 is 5.32 Å². The minimum atomic E-state index is 0.366. The van der Waals surface area contributed by atoms with Gasteiger partial charge in [0.15, 0.2) is 11.0 Å². The van der Waals surface area contributed by atoms with Crippen molar-refractivity contribution >= 4 is 40.9 Å². The number of anilines is 1. The van der Waals surface area contributed by atoms with Gasteiger partial charge in [-0.05, 0) is 19.1 Å². The van der Waals surface area contributed by atoms with Crippen LogP contribution in [-0.2, 0) is 0 Å². The van der Waals surface area contributed by atoms with Crippen LogP contribution in [0.4, 0.5) is 5.82 Å². The Bertz CT molecular complexity index is 337. The van der Waals surface area contributed by atoms with Crippen LogP contribution in [0.3, 0.4) is 0 Å². The fraction of sp³-hybridized carbons (Fsp3) is 0.800. The van der Waals surface area contributed by atoms with Crippen LogP contribution in [0.25, 0.3) is 0 Å². The summed E-state index contributed by atoms with van der Waals surface area (Å²) in [7, 11) is 0. The van der Waals surface area contributed by atoms with Crippen LogP contribution in [0, 0.1) is 0 Å². The molecule has 6 heteroatoms. The van der Waals surface area contributed by atoms with E-state index in [1.165, 1.54) is 32.1 Å². The first-order chi connectivity index (χ1) is 7.76. The van der Waals surface area contributed by atoms with Gasteiger partial charge in [-0.3, -0.25) is 0 Å². The average molecular weight is 278 g/mol. The molecular formula is C10H16ClN3S2. The molecule has 0 aliphatic heterocycles. The van der Waals surface area contributed by atoms with Crippen LogP contribution in [-0.4, -0.2) is 26.3 Å². The van der Waals surface area contributed by atoms with E-state index in [0.717, 1.165) is 24.1 Å². The summed E-state index contributed by atoms with van der Waals surface area (Å²) < 4.78 is 8.47. The highest BCUT2D eigenvalue weighted by molar-refractivity contribution is 8.00. The molecule has 90 valence electrons. The van der Waals surface area contributed by atoms with Crippen molar-refractivity contribution in [2.45, 2.75) is 36.9 Å². The van der Waals surface area contributed by atoms with E-state index in [4.69, 9.17) is 11.6 Å². The topological polar surface area (TPSA) is 37.8 Å². The molecule has 16 heavy (non-hydrogen) atoms. The molecule has 0 aromatic carbocycles. The van der Waals surface area contributed by atoms with Gasteiger partial charge < -0.3 is 5.32 Å². The molecule has 0 radical (unpaired) electrons. The van der Waals surface area contributed by atoms with Crippen molar-refractivity contribution in [3.05, 3.63) is 5.15 Å². The van der Waals surface area contributed by atoms with Gasteiger partial charge in [0, 0.05) is 11.3 Å². The van der Waals surface area contributed by atoms with Crippen LogP contribution >= 0.6 is 35.1 Å². The predicted molar refractivity (Wildman–Crippen MR) is 72.7 cm³/mol. The molecule has 0 spiro atoms. The second-order valence-corrected chi connectivity index (χ2v) is 6.37. The number of aromatic nitrogens is 2. The van der Waals surface area contributed by atoms with E-state index in [1.807, 2.05) is 11.8 Å². The van der Waals surface area contributed by atoms with Crippen LogP contribution in [0.15, 0.2) is 0 Å². The number of halogens is 1. The lowest BCUT2D eigenvalue weighted by Gasteiger charge is -2.35. The maximum Gasteiger partial charge on any atom is 0.186 e. The quantitative estimate of drug-likeness (QED) is 0.911. The summed E-state index contributed by atoms with van der Waals surface area (Å²) in [4.78, 5) is 0. The maximum absolute atomic E-state index is 5.91. The van der Waals surface area contributed by atoms with Crippen molar-refractivity contribution in [1.29, 1.82) is 0 Å². The molecular weight excluding hydrogens is 262 g/mol. The van der Waals surface area contributed by atoms with Crippen molar-refractivity contribution in [1.82, 2.24) is 8.75 Å². The van der Waals surface area contributed by atoms with E-state index in [-0.39, 0.29) is 0 Å². The Morgan fingerprint density at radius 1 is 1.38 bits per heavy atom. The molecule has 0 saturated heterocycles. The number of hydrogen-bond donors (Lipinski definition) is 1. The van der Waals surface area contributed by atoms with E-state index in [0.29, 0.717) is 9.90 Å². The maximum atomic E-state index is 5.91. The zero-order valence-electron chi connectivity index (χ0n) is 9.33. The molecule has 3 nitrogen and oxygen atoms in total. The lowest BCUT2D eigenvalue weighted by Crippen LogP contribution is -2.35. The van der Waals surface area contributed by atoms with Crippen LogP contribution in [0.5, 0.6) is 0 Å². The highest BCUT2D eigenvalue weighted by Crippen LogP contribution is 2.38. The zero-order chi connectivity index (χ0) is 11.4. The Morgan fingerprint density at radius 2 is 2.12 bits per heavy atom. The van der Waals surface area contributed by atoms with Gasteiger partial charge in [0.25, 0.3) is 0 Å². The van der Waals surface area contributed by atoms with Gasteiger partial charge >= 0.3 is 0 Å². The van der Waals surface area contributed by atoms with E-state index < -0.39 is 0 Å². The van der Waals surface area contributed by atoms with Gasteiger partial charge in [0.2, 0.25) is 0 Å². The predicted octanol–water partition coefficient (Wildman–Crippen LogP) is 3.67. The number of rotatable bonds is 4. The lowest BCUT2D eigenvalue weighted by molar-refractivity contribution is 0.411. The van der Waals surface area contributed by atoms with E-state index >= 15 is 0 Å². The third kappa shape index (κ3) is 2.81. The summed E-state index contributed by atoms with van der Waals surface area (Å²) in [6.07, 6.45) is 8.83. The minimum Gasteiger partial charge on any atom is -0.365 e. The van der Waals surface area contributed by atoms with E-state index in [9.17, 15) is 0 Å². The minimum absolute atomic E-state index is 0.366. The SMILES string of the molecule is CSC1(CNc2nsnc2Cl)CCCCC1. The summed E-state index contributed by atoms with van der Waals surface area (Å²) in [6.45, 7) is 0.944. The van der Waals surface area contributed by atoms with Crippen LogP contribution in [0.1, 0.15) is 32.1 Å². The van der Waals surface area contributed by atoms with E-state index in [1.54, 1.807) is 0 Å². The summed E-state index contributed by atoms with van der Waals surface area (Å²) in [5.74, 6) is 0.741. The first-order valence-corrected chi connectivity index (χ1v) is 7.86. The number of hydrogen-bond acceptors (Lipinski definition) is 5. The van der Waals surface area contributed by atoms with Crippen molar-refractivity contribution in [2.24, 2.45) is 0 Å². The Kier molecular flexibility index (Phi) is 4.33. The summed E-state index contributed by atoms with van der Waals surface area (Å²) >= 11 is 9.04. The Morgan fingerprint density at radius 3 is 2.69 bits per heavy atom. The van der Waals surface area contributed by atoms with Gasteiger partial charge in [-0.25, -0.2) is 0 Å². The summed E-state index contributed by atoms with van der Waals surface area (Å²) in [5, 5.41) is 3.84. The number of thioether (sulfide) groups is 1. The van der Waals surface area contributed by atoms with Crippen molar-refractivity contribution in [2.75, 3.05) is 18.1 Å². The zero-order valence-corrected chi connectivity index (χ0v) is 11.7. The van der Waals surface area contributed by atoms with Crippen LogP contribution in [0.2, 0.25) is 5.15 Å². The molecule has 0 atom stereocenters. The molecule has 0 unspecified atom stereocenters. The smallest absolute Gasteiger partial charge is 0.186 e. The van der Waals surface area contributed by atoms with Crippen molar-refractivity contribution in [3.8, 4) is 0 Å². The fourth-order valence-corrected chi connectivity index (χ4v) is 3.77. The third-order valence-corrected chi connectivity index (χ3v) is 5.54. The van der Waals surface area contributed by atoms with Gasteiger partial charge in [-0.2, -0.15) is 20.5 Å². The van der Waals surface area contributed by atoms with Gasteiger partial charge in [-0.1, -0.05) is 30.9 Å². The van der Waals surface area contributed by atoms with Gasteiger partial charge in [0.05, 0.1) is 11.7 Å². The fourth-order valence-electron chi connectivity index (χ4n) is 2.18. The molecule has 1 heterocycles. The molecule has 1 aliphatic carbocycles. The summed E-state index contributed by atoms with van der Waals surface area (Å²) in [6, 6.07) is 0. The highest BCUT2D eigenvalue weighted by Gasteiger charge is 2.31. The average Bonchev–Trinajstić information content (AvgIpc) is 2.74. The van der Waals surface area contributed by atoms with Crippen molar-refractivity contribution in [3.63, 3.8) is 0 Å². The molecule has 1 aromatic heterocycles.